The number of piperazine rings is 1. The quantitative estimate of drug-likeness (QED) is 0.801. The molecule has 1 N–H and O–H groups in total. The summed E-state index contributed by atoms with van der Waals surface area (Å²) in [7, 11) is 2.04. The first-order chi connectivity index (χ1) is 11.1. The number of hydrogen-bond donors (Lipinski definition) is 1. The summed E-state index contributed by atoms with van der Waals surface area (Å²) >= 11 is 0. The summed E-state index contributed by atoms with van der Waals surface area (Å²) in [5.74, 6) is -0.550. The largest absolute Gasteiger partial charge is 0.339 e. The van der Waals surface area contributed by atoms with Crippen LogP contribution in [0.4, 0.5) is 0 Å². The number of carbonyl (C=O) groups excluding carboxylic acids is 2. The van der Waals surface area contributed by atoms with Gasteiger partial charge in [-0.2, -0.15) is 0 Å². The first-order valence-corrected chi connectivity index (χ1v) is 7.97. The van der Waals surface area contributed by atoms with Gasteiger partial charge in [0.25, 0.3) is 0 Å². The van der Waals surface area contributed by atoms with Crippen molar-refractivity contribution in [3.05, 3.63) is 35.9 Å². The Morgan fingerprint density at radius 1 is 1.17 bits per heavy atom. The molecule has 1 aromatic carbocycles. The third kappa shape index (κ3) is 3.27. The zero-order valence-electron chi connectivity index (χ0n) is 13.5. The van der Waals surface area contributed by atoms with Crippen LogP contribution in [0.5, 0.6) is 0 Å². The Balaban J connectivity index is 1.76. The van der Waals surface area contributed by atoms with Crippen molar-refractivity contribution in [1.82, 2.24) is 15.1 Å². The second-order valence-electron chi connectivity index (χ2n) is 6.18. The standard InChI is InChI=1S/C17H22N4O2/c1-12-14(17(23)21-10-8-20(2)9-11-21)16(22)19-15(18-12)13-6-4-3-5-7-13/h3-7,12,14H,8-11H2,1-2H3,(H,18,19,22). The van der Waals surface area contributed by atoms with Gasteiger partial charge in [-0.25, -0.2) is 0 Å². The van der Waals surface area contributed by atoms with E-state index in [0.29, 0.717) is 18.9 Å². The number of aliphatic imine (C=N–C) groups is 1. The van der Waals surface area contributed by atoms with Gasteiger partial charge in [0, 0.05) is 31.7 Å². The molecule has 23 heavy (non-hydrogen) atoms. The Bertz CT molecular complexity index is 621. The highest BCUT2D eigenvalue weighted by molar-refractivity contribution is 6.15. The summed E-state index contributed by atoms with van der Waals surface area (Å²) in [6.07, 6.45) is 0. The zero-order chi connectivity index (χ0) is 16.4. The smallest absolute Gasteiger partial charge is 0.240 e. The monoisotopic (exact) mass is 314 g/mol. The van der Waals surface area contributed by atoms with E-state index in [1.807, 2.05) is 44.3 Å². The molecule has 6 heteroatoms. The molecule has 0 radical (unpaired) electrons. The number of likely N-dealkylation sites (N-methyl/N-ethyl adjacent to an activating group) is 1. The van der Waals surface area contributed by atoms with Crippen molar-refractivity contribution in [3.63, 3.8) is 0 Å². The molecule has 2 atom stereocenters. The molecule has 1 saturated heterocycles. The fourth-order valence-corrected chi connectivity index (χ4v) is 3.01. The van der Waals surface area contributed by atoms with Crippen LogP contribution in [0.2, 0.25) is 0 Å². The van der Waals surface area contributed by atoms with Crippen molar-refractivity contribution in [2.45, 2.75) is 13.0 Å². The Labute approximate surface area is 136 Å². The van der Waals surface area contributed by atoms with Crippen molar-refractivity contribution >= 4 is 17.6 Å². The van der Waals surface area contributed by atoms with Gasteiger partial charge in [0.15, 0.2) is 0 Å². The number of rotatable bonds is 2. The maximum Gasteiger partial charge on any atom is 0.240 e. The summed E-state index contributed by atoms with van der Waals surface area (Å²) in [4.78, 5) is 33.7. The van der Waals surface area contributed by atoms with E-state index in [2.05, 4.69) is 15.2 Å². The Morgan fingerprint density at radius 3 is 2.43 bits per heavy atom. The van der Waals surface area contributed by atoms with Crippen LogP contribution in [0, 0.1) is 5.92 Å². The van der Waals surface area contributed by atoms with Gasteiger partial charge < -0.3 is 15.1 Å². The van der Waals surface area contributed by atoms with E-state index in [4.69, 9.17) is 0 Å². The average Bonchev–Trinajstić information content (AvgIpc) is 2.55. The number of amides is 2. The molecule has 1 aromatic rings. The molecular weight excluding hydrogens is 292 g/mol. The second kappa shape index (κ2) is 6.50. The van der Waals surface area contributed by atoms with E-state index < -0.39 is 5.92 Å². The van der Waals surface area contributed by atoms with Gasteiger partial charge in [-0.05, 0) is 14.0 Å². The van der Waals surface area contributed by atoms with Crippen LogP contribution in [0.1, 0.15) is 12.5 Å². The normalized spacial score (nSPS) is 25.7. The van der Waals surface area contributed by atoms with Crippen LogP contribution >= 0.6 is 0 Å². The van der Waals surface area contributed by atoms with Gasteiger partial charge in [0.2, 0.25) is 11.8 Å². The lowest BCUT2D eigenvalue weighted by Gasteiger charge is -2.36. The molecule has 0 aliphatic carbocycles. The minimum Gasteiger partial charge on any atom is -0.339 e. The van der Waals surface area contributed by atoms with Crippen molar-refractivity contribution < 1.29 is 9.59 Å². The van der Waals surface area contributed by atoms with Crippen molar-refractivity contribution in [2.75, 3.05) is 33.2 Å². The SMILES string of the molecule is CC1N=C(c2ccccc2)NC(=O)C1C(=O)N1CCN(C)CC1. The molecule has 0 aromatic heterocycles. The van der Waals surface area contributed by atoms with Gasteiger partial charge in [0.1, 0.15) is 11.8 Å². The third-order valence-electron chi connectivity index (χ3n) is 4.47. The number of amidine groups is 1. The number of benzene rings is 1. The molecule has 122 valence electrons. The number of nitrogens with one attached hydrogen (secondary N) is 1. The highest BCUT2D eigenvalue weighted by Crippen LogP contribution is 2.19. The molecule has 6 nitrogen and oxygen atoms in total. The fraction of sp³-hybridized carbons (Fsp3) is 0.471. The molecule has 0 spiro atoms. The number of hydrogen-bond acceptors (Lipinski definition) is 4. The van der Waals surface area contributed by atoms with E-state index in [9.17, 15) is 9.59 Å². The summed E-state index contributed by atoms with van der Waals surface area (Å²) in [6, 6.07) is 9.15. The maximum absolute atomic E-state index is 12.7. The van der Waals surface area contributed by atoms with Gasteiger partial charge in [-0.3, -0.25) is 14.6 Å². The molecule has 3 rings (SSSR count). The summed E-state index contributed by atoms with van der Waals surface area (Å²) < 4.78 is 0. The Morgan fingerprint density at radius 2 is 1.83 bits per heavy atom. The average molecular weight is 314 g/mol. The second-order valence-corrected chi connectivity index (χ2v) is 6.18. The van der Waals surface area contributed by atoms with Crippen molar-refractivity contribution in [2.24, 2.45) is 10.9 Å². The Kier molecular flexibility index (Phi) is 4.43. The molecule has 0 bridgehead atoms. The van der Waals surface area contributed by atoms with E-state index >= 15 is 0 Å². The van der Waals surface area contributed by atoms with E-state index in [0.717, 1.165) is 18.7 Å². The lowest BCUT2D eigenvalue weighted by molar-refractivity contribution is -0.143. The van der Waals surface area contributed by atoms with E-state index in [1.165, 1.54) is 0 Å². The van der Waals surface area contributed by atoms with Crippen LogP contribution < -0.4 is 5.32 Å². The predicted octanol–water partition coefficient (Wildman–Crippen LogP) is 0.342. The minimum absolute atomic E-state index is 0.112. The van der Waals surface area contributed by atoms with E-state index in [-0.39, 0.29) is 17.9 Å². The van der Waals surface area contributed by atoms with Gasteiger partial charge >= 0.3 is 0 Å². The minimum atomic E-state index is -0.731. The van der Waals surface area contributed by atoms with Gasteiger partial charge in [-0.15, -0.1) is 0 Å². The molecule has 0 saturated carbocycles. The zero-order valence-corrected chi connectivity index (χ0v) is 13.5. The summed E-state index contributed by atoms with van der Waals surface area (Å²) in [5.41, 5.74) is 0.859. The lowest BCUT2D eigenvalue weighted by Crippen LogP contribution is -2.56. The first-order valence-electron chi connectivity index (χ1n) is 7.97. The molecule has 1 fully saturated rings. The molecule has 2 heterocycles. The number of nitrogens with zero attached hydrogens (tertiary/aromatic N) is 3. The summed E-state index contributed by atoms with van der Waals surface area (Å²) in [5, 5.41) is 2.80. The van der Waals surface area contributed by atoms with Crippen LogP contribution in [-0.2, 0) is 9.59 Å². The highest BCUT2D eigenvalue weighted by Gasteiger charge is 2.39. The van der Waals surface area contributed by atoms with Crippen LogP contribution in [0.25, 0.3) is 0 Å². The van der Waals surface area contributed by atoms with Gasteiger partial charge in [0.05, 0.1) is 6.04 Å². The van der Waals surface area contributed by atoms with Crippen LogP contribution in [0.3, 0.4) is 0 Å². The Hall–Kier alpha value is -2.21. The predicted molar refractivity (Wildman–Crippen MR) is 88.2 cm³/mol. The third-order valence-corrected chi connectivity index (χ3v) is 4.47. The van der Waals surface area contributed by atoms with Crippen LogP contribution in [0.15, 0.2) is 35.3 Å². The molecule has 2 amide bonds. The maximum atomic E-state index is 12.7. The topological polar surface area (TPSA) is 65.0 Å². The van der Waals surface area contributed by atoms with Crippen molar-refractivity contribution in [1.29, 1.82) is 0 Å². The van der Waals surface area contributed by atoms with Gasteiger partial charge in [-0.1, -0.05) is 30.3 Å². The molecule has 2 unspecified atom stereocenters. The first kappa shape index (κ1) is 15.7. The molecular formula is C17H22N4O2. The summed E-state index contributed by atoms with van der Waals surface area (Å²) in [6.45, 7) is 4.85. The van der Waals surface area contributed by atoms with Crippen LogP contribution in [-0.4, -0.2) is 66.7 Å². The lowest BCUT2D eigenvalue weighted by atomic mass is 9.96. The fourth-order valence-electron chi connectivity index (χ4n) is 3.01. The molecule has 2 aliphatic rings. The number of carbonyl (C=O) groups is 2. The highest BCUT2D eigenvalue weighted by atomic mass is 16.2. The van der Waals surface area contributed by atoms with E-state index in [1.54, 1.807) is 4.90 Å². The van der Waals surface area contributed by atoms with Crippen molar-refractivity contribution in [3.8, 4) is 0 Å². The molecule has 2 aliphatic heterocycles.